The molecule has 0 aliphatic carbocycles. The summed E-state index contributed by atoms with van der Waals surface area (Å²) in [6.45, 7) is 14.1. The zero-order valence-electron chi connectivity index (χ0n) is 14.2. The van der Waals surface area contributed by atoms with Crippen molar-refractivity contribution in [2.45, 2.75) is 66.6 Å². The predicted molar refractivity (Wildman–Crippen MR) is 89.9 cm³/mol. The fraction of sp³-hybridized carbons (Fsp3) is 0.625. The van der Waals surface area contributed by atoms with Crippen molar-refractivity contribution in [2.75, 3.05) is 5.32 Å². The van der Waals surface area contributed by atoms with Gasteiger partial charge in [0, 0.05) is 24.2 Å². The Morgan fingerprint density at radius 1 is 1.05 bits per heavy atom. The van der Waals surface area contributed by atoms with E-state index in [0.717, 1.165) is 5.56 Å². The molecule has 1 aromatic carbocycles. The first kappa shape index (κ1) is 19.4. The normalized spacial score (nSPS) is 23.1. The second-order valence-electron chi connectivity index (χ2n) is 4.61. The van der Waals surface area contributed by atoms with Gasteiger partial charge in [-0.1, -0.05) is 39.8 Å². The Kier molecular flexibility index (Phi) is 8.62. The summed E-state index contributed by atoms with van der Waals surface area (Å²) in [4.78, 5) is 10.7. The third kappa shape index (κ3) is 4.70. The lowest BCUT2D eigenvalue weighted by atomic mass is 10.1. The molecule has 0 aromatic heterocycles. The standard InChI is InChI=1S/C12H17N3O2.2C2H6/c1-7-8(2)14-12-10(9(3)13-7)5-4-6-11(12)15(16)17;2*1-2/h4-9,13-14H,1-3H3;2*1-2H3. The first-order chi connectivity index (χ1) is 10.0. The number of anilines is 1. The zero-order valence-corrected chi connectivity index (χ0v) is 14.2. The molecule has 3 atom stereocenters. The summed E-state index contributed by atoms with van der Waals surface area (Å²) < 4.78 is 0. The molecule has 0 radical (unpaired) electrons. The molecular weight excluding hydrogens is 266 g/mol. The predicted octanol–water partition coefficient (Wildman–Crippen LogP) is 4.50. The van der Waals surface area contributed by atoms with E-state index in [1.54, 1.807) is 12.1 Å². The second-order valence-corrected chi connectivity index (χ2v) is 4.61. The number of nitrogens with one attached hydrogen (secondary N) is 2. The Bertz CT molecular complexity index is 449. The summed E-state index contributed by atoms with van der Waals surface area (Å²) in [5.74, 6) is 0. The van der Waals surface area contributed by atoms with E-state index in [1.807, 2.05) is 47.6 Å². The number of nitro groups is 1. The average Bonchev–Trinajstić information content (AvgIpc) is 2.60. The highest BCUT2D eigenvalue weighted by Crippen LogP contribution is 2.35. The van der Waals surface area contributed by atoms with Crippen molar-refractivity contribution in [2.24, 2.45) is 0 Å². The molecular formula is C16H29N3O2. The highest BCUT2D eigenvalue weighted by Gasteiger charge is 2.27. The highest BCUT2D eigenvalue weighted by atomic mass is 16.6. The fourth-order valence-corrected chi connectivity index (χ4v) is 2.21. The minimum Gasteiger partial charge on any atom is -0.375 e. The Hall–Kier alpha value is -1.62. The van der Waals surface area contributed by atoms with Gasteiger partial charge in [-0.15, -0.1) is 0 Å². The maximum atomic E-state index is 11.0. The number of hydrogen-bond donors (Lipinski definition) is 2. The number of fused-ring (bicyclic) bond motifs is 1. The van der Waals surface area contributed by atoms with E-state index in [9.17, 15) is 10.1 Å². The average molecular weight is 295 g/mol. The quantitative estimate of drug-likeness (QED) is 0.591. The molecule has 1 heterocycles. The fourth-order valence-electron chi connectivity index (χ4n) is 2.21. The van der Waals surface area contributed by atoms with Gasteiger partial charge in [-0.3, -0.25) is 10.1 Å². The van der Waals surface area contributed by atoms with Crippen LogP contribution in [0.3, 0.4) is 0 Å². The Balaban J connectivity index is 0.000000921. The van der Waals surface area contributed by atoms with Crippen LogP contribution in [0.2, 0.25) is 0 Å². The maximum Gasteiger partial charge on any atom is 0.292 e. The van der Waals surface area contributed by atoms with Crippen molar-refractivity contribution in [1.29, 1.82) is 0 Å². The van der Waals surface area contributed by atoms with Gasteiger partial charge in [-0.2, -0.15) is 0 Å². The van der Waals surface area contributed by atoms with Gasteiger partial charge in [0.25, 0.3) is 5.69 Å². The van der Waals surface area contributed by atoms with Crippen LogP contribution in [0.1, 0.15) is 60.1 Å². The molecule has 0 saturated heterocycles. The first-order valence-corrected chi connectivity index (χ1v) is 7.80. The van der Waals surface area contributed by atoms with Crippen LogP contribution in [-0.4, -0.2) is 17.0 Å². The molecule has 5 nitrogen and oxygen atoms in total. The van der Waals surface area contributed by atoms with Crippen molar-refractivity contribution in [3.63, 3.8) is 0 Å². The van der Waals surface area contributed by atoms with Crippen LogP contribution in [0.25, 0.3) is 0 Å². The van der Waals surface area contributed by atoms with Crippen LogP contribution in [0.15, 0.2) is 18.2 Å². The summed E-state index contributed by atoms with van der Waals surface area (Å²) in [6, 6.07) is 5.73. The van der Waals surface area contributed by atoms with Crippen LogP contribution in [0.5, 0.6) is 0 Å². The molecule has 0 bridgehead atoms. The van der Waals surface area contributed by atoms with Gasteiger partial charge in [0.1, 0.15) is 5.69 Å². The number of nitro benzene ring substituents is 1. The summed E-state index contributed by atoms with van der Waals surface area (Å²) in [7, 11) is 0. The van der Waals surface area contributed by atoms with E-state index in [1.165, 1.54) is 0 Å². The molecule has 2 rings (SSSR count). The molecule has 120 valence electrons. The van der Waals surface area contributed by atoms with Gasteiger partial charge in [-0.05, 0) is 26.3 Å². The molecule has 1 aromatic rings. The Morgan fingerprint density at radius 3 is 2.14 bits per heavy atom. The van der Waals surface area contributed by atoms with Crippen molar-refractivity contribution >= 4 is 11.4 Å². The van der Waals surface area contributed by atoms with E-state index in [0.29, 0.717) is 5.69 Å². The summed E-state index contributed by atoms with van der Waals surface area (Å²) in [6.07, 6.45) is 0. The van der Waals surface area contributed by atoms with Crippen LogP contribution in [0, 0.1) is 10.1 Å². The molecule has 2 N–H and O–H groups in total. The van der Waals surface area contributed by atoms with Crippen LogP contribution >= 0.6 is 0 Å². The molecule has 1 aliphatic heterocycles. The molecule has 0 saturated carbocycles. The third-order valence-corrected chi connectivity index (χ3v) is 3.37. The van der Waals surface area contributed by atoms with E-state index >= 15 is 0 Å². The van der Waals surface area contributed by atoms with Gasteiger partial charge < -0.3 is 10.6 Å². The van der Waals surface area contributed by atoms with Crippen molar-refractivity contribution in [1.82, 2.24) is 5.32 Å². The molecule has 0 amide bonds. The van der Waals surface area contributed by atoms with Crippen LogP contribution in [-0.2, 0) is 0 Å². The number of nitrogens with zero attached hydrogens (tertiary/aromatic N) is 1. The molecule has 0 spiro atoms. The van der Waals surface area contributed by atoms with Gasteiger partial charge in [0.05, 0.1) is 4.92 Å². The topological polar surface area (TPSA) is 67.2 Å². The minimum atomic E-state index is -0.332. The Morgan fingerprint density at radius 2 is 1.62 bits per heavy atom. The second kappa shape index (κ2) is 9.34. The third-order valence-electron chi connectivity index (χ3n) is 3.37. The number of benzene rings is 1. The molecule has 0 fully saturated rings. The van der Waals surface area contributed by atoms with Crippen molar-refractivity contribution < 1.29 is 4.92 Å². The van der Waals surface area contributed by atoms with E-state index < -0.39 is 0 Å². The highest BCUT2D eigenvalue weighted by molar-refractivity contribution is 5.68. The van der Waals surface area contributed by atoms with Crippen molar-refractivity contribution in [3.05, 3.63) is 33.9 Å². The lowest BCUT2D eigenvalue weighted by Gasteiger charge is -2.20. The smallest absolute Gasteiger partial charge is 0.292 e. The molecule has 1 aliphatic rings. The van der Waals surface area contributed by atoms with E-state index in [-0.39, 0.29) is 28.7 Å². The van der Waals surface area contributed by atoms with E-state index in [4.69, 9.17) is 0 Å². The molecule has 5 heteroatoms. The van der Waals surface area contributed by atoms with Crippen LogP contribution < -0.4 is 10.6 Å². The van der Waals surface area contributed by atoms with Crippen molar-refractivity contribution in [3.8, 4) is 0 Å². The Labute approximate surface area is 128 Å². The largest absolute Gasteiger partial charge is 0.375 e. The van der Waals surface area contributed by atoms with Gasteiger partial charge in [0.15, 0.2) is 0 Å². The first-order valence-electron chi connectivity index (χ1n) is 7.80. The van der Waals surface area contributed by atoms with E-state index in [2.05, 4.69) is 17.6 Å². The molecule has 3 unspecified atom stereocenters. The lowest BCUT2D eigenvalue weighted by Crippen LogP contribution is -2.38. The van der Waals surface area contributed by atoms with Crippen LogP contribution in [0.4, 0.5) is 11.4 Å². The summed E-state index contributed by atoms with van der Waals surface area (Å²) in [5, 5.41) is 17.7. The van der Waals surface area contributed by atoms with Gasteiger partial charge in [0.2, 0.25) is 0 Å². The number of hydrogen-bond acceptors (Lipinski definition) is 4. The maximum absolute atomic E-state index is 11.0. The van der Waals surface area contributed by atoms with Gasteiger partial charge in [-0.25, -0.2) is 0 Å². The number of rotatable bonds is 1. The lowest BCUT2D eigenvalue weighted by molar-refractivity contribution is -0.384. The zero-order chi connectivity index (χ0) is 16.6. The SMILES string of the molecule is CC.CC.CC1NC(C)C(C)Nc2c1cccc2[N+](=O)[O-]. The summed E-state index contributed by atoms with van der Waals surface area (Å²) >= 11 is 0. The monoisotopic (exact) mass is 295 g/mol. The summed E-state index contributed by atoms with van der Waals surface area (Å²) in [5.41, 5.74) is 1.75. The minimum absolute atomic E-state index is 0.109. The number of para-hydroxylation sites is 1. The molecule has 21 heavy (non-hydrogen) atoms. The van der Waals surface area contributed by atoms with Gasteiger partial charge >= 0.3 is 0 Å².